The van der Waals surface area contributed by atoms with E-state index in [9.17, 15) is 10.1 Å². The normalized spacial score (nSPS) is 10.7. The van der Waals surface area contributed by atoms with E-state index in [4.69, 9.17) is 0 Å². The summed E-state index contributed by atoms with van der Waals surface area (Å²) in [5.74, 6) is 0.356. The minimum atomic E-state index is -0.532. The molecule has 2 heterocycles. The molecule has 0 bridgehead atoms. The summed E-state index contributed by atoms with van der Waals surface area (Å²) >= 11 is 0. The van der Waals surface area contributed by atoms with Gasteiger partial charge in [-0.05, 0) is 12.1 Å². The Kier molecular flexibility index (Phi) is 2.23. The first-order valence-corrected chi connectivity index (χ1v) is 5.14. The molecule has 0 saturated heterocycles. The Morgan fingerprint density at radius 1 is 1.11 bits per heavy atom. The van der Waals surface area contributed by atoms with Gasteiger partial charge in [0, 0.05) is 0 Å². The second-order valence-electron chi connectivity index (χ2n) is 3.60. The predicted molar refractivity (Wildman–Crippen MR) is 63.3 cm³/mol. The molecule has 0 aliphatic rings. The van der Waals surface area contributed by atoms with Gasteiger partial charge in [0.25, 0.3) is 0 Å². The number of fused-ring (bicyclic) bond motifs is 1. The lowest BCUT2D eigenvalue weighted by Gasteiger charge is -2.00. The molecule has 3 aromatic rings. The van der Waals surface area contributed by atoms with Crippen LogP contribution in [0.2, 0.25) is 0 Å². The first kappa shape index (κ1) is 10.3. The van der Waals surface area contributed by atoms with Crippen molar-refractivity contribution in [3.63, 3.8) is 0 Å². The molecule has 1 aromatic carbocycles. The third-order valence-corrected chi connectivity index (χ3v) is 2.50. The summed E-state index contributed by atoms with van der Waals surface area (Å²) in [5, 5.41) is 10.5. The lowest BCUT2D eigenvalue weighted by molar-refractivity contribution is -0.385. The van der Waals surface area contributed by atoms with Crippen LogP contribution in [-0.4, -0.2) is 24.4 Å². The fourth-order valence-electron chi connectivity index (χ4n) is 1.65. The number of nitro groups is 1. The van der Waals surface area contributed by atoms with Crippen LogP contribution in [-0.2, 0) is 0 Å². The molecule has 0 atom stereocenters. The number of hydrogen-bond donors (Lipinski definition) is 0. The minimum Gasteiger partial charge on any atom is -0.267 e. The van der Waals surface area contributed by atoms with E-state index in [-0.39, 0.29) is 5.69 Å². The quantitative estimate of drug-likeness (QED) is 0.503. The summed E-state index contributed by atoms with van der Waals surface area (Å²) in [6.45, 7) is 0. The maximum absolute atomic E-state index is 10.5. The zero-order valence-electron chi connectivity index (χ0n) is 9.09. The highest BCUT2D eigenvalue weighted by Crippen LogP contribution is 2.16. The van der Waals surface area contributed by atoms with Gasteiger partial charge in [-0.25, -0.2) is 15.0 Å². The van der Waals surface area contributed by atoms with E-state index in [2.05, 4.69) is 15.0 Å². The number of aromatic nitrogens is 4. The van der Waals surface area contributed by atoms with Gasteiger partial charge in [0.15, 0.2) is 0 Å². The Morgan fingerprint density at radius 3 is 2.56 bits per heavy atom. The topological polar surface area (TPSA) is 86.7 Å². The molecule has 0 N–H and O–H groups in total. The molecule has 7 heteroatoms. The molecule has 0 aliphatic carbocycles. The van der Waals surface area contributed by atoms with Crippen LogP contribution in [0.4, 0.5) is 5.69 Å². The van der Waals surface area contributed by atoms with Crippen LogP contribution in [0.1, 0.15) is 0 Å². The van der Waals surface area contributed by atoms with Crippen molar-refractivity contribution in [2.45, 2.75) is 0 Å². The maximum atomic E-state index is 10.5. The molecule has 0 radical (unpaired) electrons. The van der Waals surface area contributed by atoms with E-state index in [1.807, 2.05) is 24.3 Å². The van der Waals surface area contributed by atoms with Gasteiger partial charge in [-0.3, -0.25) is 14.7 Å². The molecule has 2 aromatic heterocycles. The second kappa shape index (κ2) is 3.88. The number of hydrogen-bond acceptors (Lipinski definition) is 5. The van der Waals surface area contributed by atoms with Gasteiger partial charge in [-0.1, -0.05) is 12.1 Å². The number of rotatable bonds is 2. The number of nitrogens with zero attached hydrogens (tertiary/aromatic N) is 5. The molecular weight excluding hydrogens is 234 g/mol. The molecule has 0 amide bonds. The summed E-state index contributed by atoms with van der Waals surface area (Å²) in [7, 11) is 0. The smallest absolute Gasteiger partial charge is 0.267 e. The number of imidazole rings is 1. The molecule has 0 unspecified atom stereocenters. The summed E-state index contributed by atoms with van der Waals surface area (Å²) in [6.07, 6.45) is 3.94. The summed E-state index contributed by atoms with van der Waals surface area (Å²) in [4.78, 5) is 22.1. The molecule has 0 spiro atoms. The van der Waals surface area contributed by atoms with Crippen LogP contribution in [0.5, 0.6) is 0 Å². The summed E-state index contributed by atoms with van der Waals surface area (Å²) in [6, 6.07) is 7.52. The van der Waals surface area contributed by atoms with Crippen LogP contribution in [0.25, 0.3) is 17.0 Å². The van der Waals surface area contributed by atoms with Crippen molar-refractivity contribution in [2.75, 3.05) is 0 Å². The van der Waals surface area contributed by atoms with Crippen LogP contribution in [0.3, 0.4) is 0 Å². The average molecular weight is 241 g/mol. The third-order valence-electron chi connectivity index (χ3n) is 2.50. The Labute approximate surface area is 101 Å². The van der Waals surface area contributed by atoms with Crippen molar-refractivity contribution in [3.05, 3.63) is 53.1 Å². The van der Waals surface area contributed by atoms with Crippen LogP contribution in [0, 0.1) is 10.1 Å². The monoisotopic (exact) mass is 241 g/mol. The largest absolute Gasteiger partial charge is 0.305 e. The van der Waals surface area contributed by atoms with Crippen LogP contribution < -0.4 is 0 Å². The first-order valence-electron chi connectivity index (χ1n) is 5.14. The molecule has 3 rings (SSSR count). The van der Waals surface area contributed by atoms with E-state index in [1.165, 1.54) is 12.4 Å². The fraction of sp³-hybridized carbons (Fsp3) is 0. The summed E-state index contributed by atoms with van der Waals surface area (Å²) in [5.41, 5.74) is 1.54. The van der Waals surface area contributed by atoms with E-state index in [0.717, 1.165) is 11.0 Å². The lowest BCUT2D eigenvalue weighted by Crippen LogP contribution is -2.00. The molecule has 0 saturated carbocycles. The van der Waals surface area contributed by atoms with Gasteiger partial charge in [0.2, 0.25) is 5.95 Å². The molecule has 0 aliphatic heterocycles. The third kappa shape index (κ3) is 1.58. The fourth-order valence-corrected chi connectivity index (χ4v) is 1.65. The zero-order valence-corrected chi connectivity index (χ0v) is 9.09. The van der Waals surface area contributed by atoms with E-state index >= 15 is 0 Å². The van der Waals surface area contributed by atoms with E-state index in [1.54, 1.807) is 10.9 Å². The molecular formula is C11H7N5O2. The van der Waals surface area contributed by atoms with Gasteiger partial charge < -0.3 is 0 Å². The average Bonchev–Trinajstić information content (AvgIpc) is 2.82. The molecule has 88 valence electrons. The van der Waals surface area contributed by atoms with E-state index < -0.39 is 4.92 Å². The van der Waals surface area contributed by atoms with Crippen molar-refractivity contribution < 1.29 is 4.92 Å². The Balaban J connectivity index is 2.12. The summed E-state index contributed by atoms with van der Waals surface area (Å²) < 4.78 is 1.68. The lowest BCUT2D eigenvalue weighted by atomic mass is 10.3. The van der Waals surface area contributed by atoms with Gasteiger partial charge in [-0.15, -0.1) is 0 Å². The molecule has 0 fully saturated rings. The van der Waals surface area contributed by atoms with Gasteiger partial charge >= 0.3 is 5.69 Å². The maximum Gasteiger partial charge on any atom is 0.305 e. The second-order valence-corrected chi connectivity index (χ2v) is 3.60. The minimum absolute atomic E-state index is 0.136. The van der Waals surface area contributed by atoms with Gasteiger partial charge in [0.05, 0.1) is 16.0 Å². The Hall–Kier alpha value is -2.83. The highest BCUT2D eigenvalue weighted by molar-refractivity contribution is 5.76. The molecule has 7 nitrogen and oxygen atoms in total. The SMILES string of the molecule is O=[N+]([O-])c1cnc(-n2cnc3ccccc32)nc1. The van der Waals surface area contributed by atoms with Crippen LogP contribution in [0.15, 0.2) is 43.0 Å². The zero-order chi connectivity index (χ0) is 12.5. The Morgan fingerprint density at radius 2 is 1.83 bits per heavy atom. The van der Waals surface area contributed by atoms with Gasteiger partial charge in [-0.2, -0.15) is 0 Å². The standard InChI is InChI=1S/C11H7N5O2/c17-16(18)8-5-12-11(13-6-8)15-7-14-9-3-1-2-4-10(9)15/h1-7H. The van der Waals surface area contributed by atoms with Crippen molar-refractivity contribution in [1.29, 1.82) is 0 Å². The van der Waals surface area contributed by atoms with Crippen molar-refractivity contribution in [1.82, 2.24) is 19.5 Å². The van der Waals surface area contributed by atoms with Crippen molar-refractivity contribution in [3.8, 4) is 5.95 Å². The highest BCUT2D eigenvalue weighted by atomic mass is 16.6. The Bertz CT molecular complexity index is 720. The van der Waals surface area contributed by atoms with E-state index in [0.29, 0.717) is 5.95 Å². The first-order chi connectivity index (χ1) is 8.75. The number of para-hydroxylation sites is 2. The van der Waals surface area contributed by atoms with Crippen molar-refractivity contribution >= 4 is 16.7 Å². The van der Waals surface area contributed by atoms with Crippen molar-refractivity contribution in [2.24, 2.45) is 0 Å². The highest BCUT2D eigenvalue weighted by Gasteiger charge is 2.09. The predicted octanol–water partition coefficient (Wildman–Crippen LogP) is 1.72. The van der Waals surface area contributed by atoms with Crippen LogP contribution >= 0.6 is 0 Å². The van der Waals surface area contributed by atoms with Gasteiger partial charge in [0.1, 0.15) is 18.7 Å². The number of benzene rings is 1. The molecule has 18 heavy (non-hydrogen) atoms.